The molecule has 2 rings (SSSR count). The van der Waals surface area contributed by atoms with Crippen molar-refractivity contribution in [2.75, 3.05) is 11.9 Å². The summed E-state index contributed by atoms with van der Waals surface area (Å²) in [4.78, 5) is 11.9. The van der Waals surface area contributed by atoms with Crippen LogP contribution in [0.1, 0.15) is 49.2 Å². The van der Waals surface area contributed by atoms with E-state index in [1.54, 1.807) is 0 Å². The van der Waals surface area contributed by atoms with Crippen molar-refractivity contribution in [3.05, 3.63) is 11.3 Å². The van der Waals surface area contributed by atoms with E-state index in [4.69, 9.17) is 4.74 Å². The van der Waals surface area contributed by atoms with Crippen LogP contribution in [0.25, 0.3) is 0 Å². The Morgan fingerprint density at radius 2 is 2.33 bits per heavy atom. The van der Waals surface area contributed by atoms with Crippen LogP contribution in [0.3, 0.4) is 0 Å². The highest BCUT2D eigenvalue weighted by Gasteiger charge is 2.37. The fourth-order valence-corrected chi connectivity index (χ4v) is 3.04. The predicted molar refractivity (Wildman–Crippen MR) is 73.2 cm³/mol. The van der Waals surface area contributed by atoms with Crippen molar-refractivity contribution in [2.45, 2.75) is 46.1 Å². The number of carbonyl (C=O) groups excluding carboxylic acids is 1. The maximum absolute atomic E-state index is 11.9. The molecule has 100 valence electrons. The van der Waals surface area contributed by atoms with Crippen LogP contribution in [0.2, 0.25) is 0 Å². The second kappa shape index (κ2) is 5.69. The summed E-state index contributed by atoms with van der Waals surface area (Å²) in [5.74, 6) is 0.492. The highest BCUT2D eigenvalue weighted by atomic mass is 32.1. The van der Waals surface area contributed by atoms with Gasteiger partial charge in [0, 0.05) is 6.04 Å². The Hall–Kier alpha value is -1.10. The van der Waals surface area contributed by atoms with Crippen LogP contribution in [0.5, 0.6) is 0 Å². The first-order valence-electron chi connectivity index (χ1n) is 6.57. The zero-order valence-corrected chi connectivity index (χ0v) is 12.0. The van der Waals surface area contributed by atoms with Gasteiger partial charge in [0.05, 0.1) is 12.3 Å². The van der Waals surface area contributed by atoms with Crippen LogP contribution in [0.4, 0.5) is 5.00 Å². The van der Waals surface area contributed by atoms with Gasteiger partial charge in [0.1, 0.15) is 10.6 Å². The number of rotatable bonds is 6. The Morgan fingerprint density at radius 3 is 3.00 bits per heavy atom. The number of esters is 1. The standard InChI is InChI=1S/C13H20N2O2S/c1-4-6-9-7-10(9)14-12-11(8(3)15-18-12)13(16)17-5-2/h9-10,14H,4-7H2,1-3H3. The monoisotopic (exact) mass is 268 g/mol. The first-order valence-corrected chi connectivity index (χ1v) is 7.34. The second-order valence-corrected chi connectivity index (χ2v) is 5.50. The Morgan fingerprint density at radius 1 is 1.56 bits per heavy atom. The zero-order chi connectivity index (χ0) is 13.1. The number of anilines is 1. The number of aromatic nitrogens is 1. The molecule has 0 spiro atoms. The number of aryl methyl sites for hydroxylation is 1. The maximum Gasteiger partial charge on any atom is 0.343 e. The van der Waals surface area contributed by atoms with Crippen LogP contribution in [0.15, 0.2) is 0 Å². The topological polar surface area (TPSA) is 51.2 Å². The molecule has 2 atom stereocenters. The molecule has 1 aromatic heterocycles. The van der Waals surface area contributed by atoms with E-state index in [-0.39, 0.29) is 5.97 Å². The van der Waals surface area contributed by atoms with Crippen LogP contribution in [-0.4, -0.2) is 23.0 Å². The average molecular weight is 268 g/mol. The van der Waals surface area contributed by atoms with Crippen molar-refractivity contribution in [3.8, 4) is 0 Å². The predicted octanol–water partition coefficient (Wildman–Crippen LogP) is 3.23. The van der Waals surface area contributed by atoms with E-state index >= 15 is 0 Å². The lowest BCUT2D eigenvalue weighted by Gasteiger charge is -2.06. The lowest BCUT2D eigenvalue weighted by Crippen LogP contribution is -2.11. The molecule has 0 saturated heterocycles. The molecule has 5 heteroatoms. The number of carbonyl (C=O) groups is 1. The third-order valence-electron chi connectivity index (χ3n) is 3.24. The van der Waals surface area contributed by atoms with Crippen molar-refractivity contribution in [3.63, 3.8) is 0 Å². The SMILES string of the molecule is CCCC1CC1Nc1snc(C)c1C(=O)OCC. The van der Waals surface area contributed by atoms with Gasteiger partial charge in [-0.2, -0.15) is 4.37 Å². The van der Waals surface area contributed by atoms with Crippen LogP contribution >= 0.6 is 11.5 Å². The largest absolute Gasteiger partial charge is 0.462 e. The van der Waals surface area contributed by atoms with Crippen molar-refractivity contribution < 1.29 is 9.53 Å². The minimum Gasteiger partial charge on any atom is -0.462 e. The lowest BCUT2D eigenvalue weighted by molar-refractivity contribution is 0.0527. The third-order valence-corrected chi connectivity index (χ3v) is 4.11. The summed E-state index contributed by atoms with van der Waals surface area (Å²) in [5.41, 5.74) is 1.37. The van der Waals surface area contributed by atoms with Crippen molar-refractivity contribution in [1.82, 2.24) is 4.37 Å². The molecule has 4 nitrogen and oxygen atoms in total. The van der Waals surface area contributed by atoms with Gasteiger partial charge in [-0.25, -0.2) is 4.79 Å². The smallest absolute Gasteiger partial charge is 0.343 e. The molecule has 1 aliphatic carbocycles. The van der Waals surface area contributed by atoms with Gasteiger partial charge in [0.25, 0.3) is 0 Å². The lowest BCUT2D eigenvalue weighted by atomic mass is 10.2. The van der Waals surface area contributed by atoms with E-state index < -0.39 is 0 Å². The Kier molecular flexibility index (Phi) is 4.22. The van der Waals surface area contributed by atoms with Gasteiger partial charge in [-0.3, -0.25) is 0 Å². The second-order valence-electron chi connectivity index (χ2n) is 4.73. The quantitative estimate of drug-likeness (QED) is 0.805. The average Bonchev–Trinajstić information content (AvgIpc) is 2.94. The van der Waals surface area contributed by atoms with Gasteiger partial charge in [0.15, 0.2) is 0 Å². The first kappa shape index (κ1) is 13.3. The molecule has 1 aromatic rings. The molecule has 1 aliphatic rings. The van der Waals surface area contributed by atoms with Crippen molar-refractivity contribution in [2.24, 2.45) is 5.92 Å². The molecule has 1 N–H and O–H groups in total. The van der Waals surface area contributed by atoms with Crippen LogP contribution in [-0.2, 0) is 4.74 Å². The van der Waals surface area contributed by atoms with Crippen molar-refractivity contribution >= 4 is 22.5 Å². The molecule has 2 unspecified atom stereocenters. The number of hydrogen-bond donors (Lipinski definition) is 1. The number of nitrogens with zero attached hydrogens (tertiary/aromatic N) is 1. The highest BCUT2D eigenvalue weighted by molar-refractivity contribution is 7.10. The minimum atomic E-state index is -0.265. The van der Waals surface area contributed by atoms with Gasteiger partial charge in [0.2, 0.25) is 0 Å². The van der Waals surface area contributed by atoms with E-state index in [1.807, 2.05) is 13.8 Å². The first-order chi connectivity index (χ1) is 8.67. The van der Waals surface area contributed by atoms with E-state index in [9.17, 15) is 4.79 Å². The number of ether oxygens (including phenoxy) is 1. The highest BCUT2D eigenvalue weighted by Crippen LogP contribution is 2.39. The van der Waals surface area contributed by atoms with Gasteiger partial charge in [-0.1, -0.05) is 13.3 Å². The van der Waals surface area contributed by atoms with E-state index in [1.165, 1.54) is 30.8 Å². The number of nitrogens with one attached hydrogen (secondary N) is 1. The van der Waals surface area contributed by atoms with E-state index in [0.29, 0.717) is 18.2 Å². The van der Waals surface area contributed by atoms with E-state index in [2.05, 4.69) is 16.6 Å². The Bertz CT molecular complexity index is 431. The summed E-state index contributed by atoms with van der Waals surface area (Å²) < 4.78 is 9.32. The zero-order valence-electron chi connectivity index (χ0n) is 11.2. The van der Waals surface area contributed by atoms with Gasteiger partial charge >= 0.3 is 5.97 Å². The fraction of sp³-hybridized carbons (Fsp3) is 0.692. The molecule has 18 heavy (non-hydrogen) atoms. The third kappa shape index (κ3) is 2.83. The molecule has 1 saturated carbocycles. The molecular formula is C13H20N2O2S. The molecule has 0 aromatic carbocycles. The Balaban J connectivity index is 2.03. The summed E-state index contributed by atoms with van der Waals surface area (Å²) in [6.07, 6.45) is 3.67. The van der Waals surface area contributed by atoms with Crippen molar-refractivity contribution in [1.29, 1.82) is 0 Å². The summed E-state index contributed by atoms with van der Waals surface area (Å²) in [6.45, 7) is 6.27. The molecule has 0 aliphatic heterocycles. The fourth-order valence-electron chi connectivity index (χ4n) is 2.19. The number of hydrogen-bond acceptors (Lipinski definition) is 5. The van der Waals surface area contributed by atoms with Crippen LogP contribution in [0, 0.1) is 12.8 Å². The van der Waals surface area contributed by atoms with Gasteiger partial charge in [-0.15, -0.1) is 0 Å². The van der Waals surface area contributed by atoms with E-state index in [0.717, 1.165) is 16.6 Å². The summed E-state index contributed by atoms with van der Waals surface area (Å²) in [6, 6.07) is 0.512. The summed E-state index contributed by atoms with van der Waals surface area (Å²) >= 11 is 1.36. The maximum atomic E-state index is 11.9. The molecule has 0 bridgehead atoms. The summed E-state index contributed by atoms with van der Waals surface area (Å²) in [7, 11) is 0. The minimum absolute atomic E-state index is 0.265. The van der Waals surface area contributed by atoms with Crippen LogP contribution < -0.4 is 5.32 Å². The molecule has 1 fully saturated rings. The molecular weight excluding hydrogens is 248 g/mol. The normalized spacial score (nSPS) is 21.7. The molecule has 0 amide bonds. The molecule has 1 heterocycles. The summed E-state index contributed by atoms with van der Waals surface area (Å²) in [5, 5.41) is 4.30. The van der Waals surface area contributed by atoms with Gasteiger partial charge < -0.3 is 10.1 Å². The molecule has 0 radical (unpaired) electrons. The Labute approximate surface area is 112 Å². The van der Waals surface area contributed by atoms with Gasteiger partial charge in [-0.05, 0) is 44.1 Å².